The lowest BCUT2D eigenvalue weighted by Crippen LogP contribution is -2.31. The van der Waals surface area contributed by atoms with Crippen molar-refractivity contribution in [1.29, 1.82) is 0 Å². The maximum Gasteiger partial charge on any atom is 0.262 e. The largest absolute Gasteiger partial charge is 0.481 e. The third kappa shape index (κ3) is 5.95. The number of hydrogen-bond donors (Lipinski definition) is 1. The van der Waals surface area contributed by atoms with Gasteiger partial charge in [0.25, 0.3) is 5.91 Å². The van der Waals surface area contributed by atoms with Gasteiger partial charge in [-0.25, -0.2) is 12.8 Å². The Morgan fingerprint density at radius 1 is 1.00 bits per heavy atom. The molecule has 0 aliphatic heterocycles. The Morgan fingerprint density at radius 3 is 2.23 bits per heavy atom. The summed E-state index contributed by atoms with van der Waals surface area (Å²) in [7, 11) is -3.69. The highest BCUT2D eigenvalue weighted by atomic mass is 32.2. The van der Waals surface area contributed by atoms with Gasteiger partial charge in [0.2, 0.25) is 10.0 Å². The first kappa shape index (κ1) is 24.6. The van der Waals surface area contributed by atoms with E-state index in [2.05, 4.69) is 5.32 Å². The maximum absolute atomic E-state index is 13.7. The minimum absolute atomic E-state index is 0.0283. The molecule has 0 spiro atoms. The first-order chi connectivity index (χ1) is 14.8. The number of benzene rings is 2. The Bertz CT molecular complexity index is 990. The molecule has 31 heavy (non-hydrogen) atoms. The molecular formula is C22H30FN3O4S. The molecule has 2 aromatic carbocycles. The van der Waals surface area contributed by atoms with E-state index < -0.39 is 28.4 Å². The Balaban J connectivity index is 2.33. The summed E-state index contributed by atoms with van der Waals surface area (Å²) in [5, 5.41) is 2.73. The van der Waals surface area contributed by atoms with Crippen LogP contribution in [0, 0.1) is 5.82 Å². The Morgan fingerprint density at radius 2 is 1.65 bits per heavy atom. The second kappa shape index (κ2) is 11.1. The SMILES string of the molecule is CCN(CC)c1ccc(S(=O)(=O)N(CC)CC)cc1NC(=O)COc1ccccc1F. The second-order valence-corrected chi connectivity index (χ2v) is 8.65. The van der Waals surface area contributed by atoms with Crippen molar-refractivity contribution in [3.8, 4) is 5.75 Å². The number of anilines is 2. The fourth-order valence-corrected chi connectivity index (χ4v) is 4.70. The molecule has 2 aromatic rings. The quantitative estimate of drug-likeness (QED) is 0.563. The molecular weight excluding hydrogens is 421 g/mol. The number of carbonyl (C=O) groups excluding carboxylic acids is 1. The molecule has 0 aliphatic rings. The molecule has 1 amide bonds. The number of rotatable bonds is 11. The Labute approximate surface area is 183 Å². The summed E-state index contributed by atoms with van der Waals surface area (Å²) in [6, 6.07) is 10.5. The fraction of sp³-hybridized carbons (Fsp3) is 0.409. The van der Waals surface area contributed by atoms with Crippen molar-refractivity contribution in [3.05, 3.63) is 48.3 Å². The van der Waals surface area contributed by atoms with Crippen LogP contribution in [0.1, 0.15) is 27.7 Å². The molecule has 0 aromatic heterocycles. The molecule has 0 unspecified atom stereocenters. The van der Waals surface area contributed by atoms with Gasteiger partial charge in [-0.1, -0.05) is 26.0 Å². The number of hydrogen-bond acceptors (Lipinski definition) is 5. The molecule has 0 bridgehead atoms. The van der Waals surface area contributed by atoms with Crippen molar-refractivity contribution in [2.24, 2.45) is 0 Å². The first-order valence-electron chi connectivity index (χ1n) is 10.3. The number of sulfonamides is 1. The number of amides is 1. The Kier molecular flexibility index (Phi) is 8.82. The summed E-state index contributed by atoms with van der Waals surface area (Å²) in [6.45, 7) is 9.10. The minimum atomic E-state index is -3.69. The van der Waals surface area contributed by atoms with E-state index in [-0.39, 0.29) is 10.6 Å². The van der Waals surface area contributed by atoms with Gasteiger partial charge in [-0.3, -0.25) is 4.79 Å². The van der Waals surface area contributed by atoms with Gasteiger partial charge in [-0.15, -0.1) is 0 Å². The molecule has 2 rings (SSSR count). The molecule has 0 fully saturated rings. The highest BCUT2D eigenvalue weighted by Crippen LogP contribution is 2.30. The van der Waals surface area contributed by atoms with E-state index in [1.54, 1.807) is 32.0 Å². The molecule has 0 radical (unpaired) electrons. The van der Waals surface area contributed by atoms with Gasteiger partial charge in [-0.2, -0.15) is 4.31 Å². The molecule has 9 heteroatoms. The molecule has 0 saturated carbocycles. The number of nitrogens with zero attached hydrogens (tertiary/aromatic N) is 2. The fourth-order valence-electron chi connectivity index (χ4n) is 3.22. The van der Waals surface area contributed by atoms with E-state index >= 15 is 0 Å². The summed E-state index contributed by atoms with van der Waals surface area (Å²) >= 11 is 0. The normalized spacial score (nSPS) is 11.4. The molecule has 0 saturated heterocycles. The zero-order valence-corrected chi connectivity index (χ0v) is 19.2. The zero-order valence-electron chi connectivity index (χ0n) is 18.4. The summed E-state index contributed by atoms with van der Waals surface area (Å²) in [6.07, 6.45) is 0. The average molecular weight is 452 g/mol. The van der Waals surface area contributed by atoms with Gasteiger partial charge >= 0.3 is 0 Å². The van der Waals surface area contributed by atoms with Gasteiger partial charge in [0, 0.05) is 26.2 Å². The highest BCUT2D eigenvalue weighted by molar-refractivity contribution is 7.89. The van der Waals surface area contributed by atoms with E-state index in [9.17, 15) is 17.6 Å². The van der Waals surface area contributed by atoms with Gasteiger partial charge in [-0.05, 0) is 44.2 Å². The number of carbonyl (C=O) groups is 1. The maximum atomic E-state index is 13.7. The molecule has 0 aliphatic carbocycles. The third-order valence-corrected chi connectivity index (χ3v) is 6.93. The molecule has 7 nitrogen and oxygen atoms in total. The van der Waals surface area contributed by atoms with Crippen LogP contribution in [0.15, 0.2) is 47.4 Å². The zero-order chi connectivity index (χ0) is 23.0. The topological polar surface area (TPSA) is 79.0 Å². The summed E-state index contributed by atoms with van der Waals surface area (Å²) in [5.41, 5.74) is 1.06. The lowest BCUT2D eigenvalue weighted by molar-refractivity contribution is -0.118. The molecule has 1 N–H and O–H groups in total. The van der Waals surface area contributed by atoms with Gasteiger partial charge in [0.05, 0.1) is 16.3 Å². The van der Waals surface area contributed by atoms with Gasteiger partial charge in [0.15, 0.2) is 18.2 Å². The van der Waals surface area contributed by atoms with Crippen LogP contribution in [0.5, 0.6) is 5.75 Å². The number of nitrogens with one attached hydrogen (secondary N) is 1. The smallest absolute Gasteiger partial charge is 0.262 e. The van der Waals surface area contributed by atoms with Crippen LogP contribution in [0.4, 0.5) is 15.8 Å². The lowest BCUT2D eigenvalue weighted by Gasteiger charge is -2.26. The summed E-state index contributed by atoms with van der Waals surface area (Å²) in [5.74, 6) is -1.11. The Hall–Kier alpha value is -2.65. The second-order valence-electron chi connectivity index (χ2n) is 6.71. The van der Waals surface area contributed by atoms with Gasteiger partial charge < -0.3 is 15.0 Å². The van der Waals surface area contributed by atoms with Crippen LogP contribution in [0.2, 0.25) is 0 Å². The van der Waals surface area contributed by atoms with E-state index in [0.29, 0.717) is 37.6 Å². The minimum Gasteiger partial charge on any atom is -0.481 e. The number of para-hydroxylation sites is 1. The van der Waals surface area contributed by atoms with E-state index in [0.717, 1.165) is 0 Å². The predicted octanol–water partition coefficient (Wildman–Crippen LogP) is 3.72. The standard InChI is InChI=1S/C22H30FN3O4S/c1-5-25(6-2)20-14-13-17(31(28,29)26(7-3)8-4)15-19(20)24-22(27)16-30-21-12-10-9-11-18(21)23/h9-15H,5-8,16H2,1-4H3,(H,24,27). The van der Waals surface area contributed by atoms with E-state index in [1.165, 1.54) is 28.6 Å². The van der Waals surface area contributed by atoms with Crippen LogP contribution < -0.4 is 15.0 Å². The molecule has 0 heterocycles. The summed E-state index contributed by atoms with van der Waals surface area (Å²) < 4.78 is 46.2. The number of ether oxygens (including phenoxy) is 1. The molecule has 170 valence electrons. The lowest BCUT2D eigenvalue weighted by atomic mass is 10.2. The van der Waals surface area contributed by atoms with Crippen LogP contribution in [-0.2, 0) is 14.8 Å². The predicted molar refractivity (Wildman–Crippen MR) is 121 cm³/mol. The van der Waals surface area contributed by atoms with Crippen LogP contribution >= 0.6 is 0 Å². The number of halogens is 1. The van der Waals surface area contributed by atoms with E-state index in [1.807, 2.05) is 18.7 Å². The van der Waals surface area contributed by atoms with Crippen LogP contribution in [0.3, 0.4) is 0 Å². The first-order valence-corrected chi connectivity index (χ1v) is 11.8. The van der Waals surface area contributed by atoms with Crippen LogP contribution in [0.25, 0.3) is 0 Å². The summed E-state index contributed by atoms with van der Waals surface area (Å²) in [4.78, 5) is 14.6. The van der Waals surface area contributed by atoms with E-state index in [4.69, 9.17) is 4.74 Å². The van der Waals surface area contributed by atoms with Crippen molar-refractivity contribution in [2.45, 2.75) is 32.6 Å². The van der Waals surface area contributed by atoms with Crippen molar-refractivity contribution in [3.63, 3.8) is 0 Å². The third-order valence-electron chi connectivity index (χ3n) is 4.88. The molecule has 0 atom stereocenters. The van der Waals surface area contributed by atoms with Gasteiger partial charge in [0.1, 0.15) is 0 Å². The van der Waals surface area contributed by atoms with Crippen LogP contribution in [-0.4, -0.2) is 51.4 Å². The average Bonchev–Trinajstić information content (AvgIpc) is 2.75. The van der Waals surface area contributed by atoms with Crippen molar-refractivity contribution < 1.29 is 22.3 Å². The van der Waals surface area contributed by atoms with Crippen molar-refractivity contribution in [1.82, 2.24) is 4.31 Å². The highest BCUT2D eigenvalue weighted by Gasteiger charge is 2.24. The van der Waals surface area contributed by atoms with Crippen molar-refractivity contribution in [2.75, 3.05) is 43.0 Å². The monoisotopic (exact) mass is 451 g/mol. The van der Waals surface area contributed by atoms with Crippen molar-refractivity contribution >= 4 is 27.3 Å².